The Bertz CT molecular complexity index is 406. The first kappa shape index (κ1) is 12.7. The quantitative estimate of drug-likeness (QED) is 0.798. The molecule has 0 spiro atoms. The SMILES string of the molecule is CC(CO)Nc1nccn(C(C)(C)C)c1=O. The largest absolute Gasteiger partial charge is 0.394 e. The van der Waals surface area contributed by atoms with E-state index in [1.54, 1.807) is 23.9 Å². The molecule has 1 aromatic heterocycles. The third kappa shape index (κ3) is 2.82. The molecular weight excluding hydrogens is 206 g/mol. The minimum atomic E-state index is -0.279. The minimum absolute atomic E-state index is 0.0362. The lowest BCUT2D eigenvalue weighted by Crippen LogP contribution is -2.36. The predicted octanol–water partition coefficient (Wildman–Crippen LogP) is 0.791. The molecule has 0 bridgehead atoms. The van der Waals surface area contributed by atoms with Gasteiger partial charge in [0.05, 0.1) is 6.61 Å². The van der Waals surface area contributed by atoms with Crippen molar-refractivity contribution in [2.45, 2.75) is 39.3 Å². The third-order valence-electron chi connectivity index (χ3n) is 2.22. The van der Waals surface area contributed by atoms with Gasteiger partial charge >= 0.3 is 0 Å². The lowest BCUT2D eigenvalue weighted by molar-refractivity contribution is 0.281. The molecule has 5 heteroatoms. The minimum Gasteiger partial charge on any atom is -0.394 e. The number of aromatic nitrogens is 2. The van der Waals surface area contributed by atoms with Gasteiger partial charge < -0.3 is 15.0 Å². The molecule has 1 aromatic rings. The molecule has 0 radical (unpaired) electrons. The molecule has 0 aliphatic rings. The first-order valence-electron chi connectivity index (χ1n) is 5.32. The summed E-state index contributed by atoms with van der Waals surface area (Å²) in [6.07, 6.45) is 3.25. The Kier molecular flexibility index (Phi) is 3.70. The van der Waals surface area contributed by atoms with E-state index in [1.165, 1.54) is 0 Å². The topological polar surface area (TPSA) is 67.2 Å². The Morgan fingerprint density at radius 3 is 2.69 bits per heavy atom. The van der Waals surface area contributed by atoms with Crippen molar-refractivity contribution in [3.63, 3.8) is 0 Å². The van der Waals surface area contributed by atoms with Gasteiger partial charge in [-0.2, -0.15) is 0 Å². The van der Waals surface area contributed by atoms with Gasteiger partial charge in [-0.15, -0.1) is 0 Å². The lowest BCUT2D eigenvalue weighted by atomic mass is 10.1. The Morgan fingerprint density at radius 1 is 1.56 bits per heavy atom. The van der Waals surface area contributed by atoms with Gasteiger partial charge in [0.15, 0.2) is 5.82 Å². The number of nitrogens with zero attached hydrogens (tertiary/aromatic N) is 2. The molecule has 0 aliphatic heterocycles. The van der Waals surface area contributed by atoms with Crippen molar-refractivity contribution >= 4 is 5.82 Å². The highest BCUT2D eigenvalue weighted by atomic mass is 16.3. The molecule has 0 amide bonds. The second-order valence-corrected chi connectivity index (χ2v) is 4.85. The Balaban J connectivity index is 3.10. The summed E-state index contributed by atoms with van der Waals surface area (Å²) in [6, 6.07) is -0.184. The molecule has 0 saturated heterocycles. The highest BCUT2D eigenvalue weighted by molar-refractivity contribution is 5.32. The summed E-state index contributed by atoms with van der Waals surface area (Å²) >= 11 is 0. The van der Waals surface area contributed by atoms with Gasteiger partial charge in [-0.05, 0) is 27.7 Å². The monoisotopic (exact) mass is 225 g/mol. The summed E-state index contributed by atoms with van der Waals surface area (Å²) in [5.41, 5.74) is -0.450. The van der Waals surface area contributed by atoms with Crippen LogP contribution in [-0.2, 0) is 5.54 Å². The van der Waals surface area contributed by atoms with Crippen molar-refractivity contribution in [3.05, 3.63) is 22.7 Å². The standard InChI is InChI=1S/C11H19N3O2/c1-8(7-15)13-9-10(16)14(6-5-12-9)11(2,3)4/h5-6,8,15H,7H2,1-4H3,(H,12,13). The number of nitrogens with one attached hydrogen (secondary N) is 1. The predicted molar refractivity (Wildman–Crippen MR) is 63.7 cm³/mol. The van der Waals surface area contributed by atoms with Crippen molar-refractivity contribution < 1.29 is 5.11 Å². The van der Waals surface area contributed by atoms with E-state index in [1.807, 2.05) is 20.8 Å². The van der Waals surface area contributed by atoms with Crippen LogP contribution in [0.2, 0.25) is 0 Å². The van der Waals surface area contributed by atoms with E-state index in [-0.39, 0.29) is 29.6 Å². The first-order valence-corrected chi connectivity index (χ1v) is 5.32. The summed E-state index contributed by atoms with van der Waals surface area (Å²) in [4.78, 5) is 16.0. The molecule has 1 rings (SSSR count). The van der Waals surface area contributed by atoms with Crippen LogP contribution in [0.3, 0.4) is 0 Å². The summed E-state index contributed by atoms with van der Waals surface area (Å²) in [5, 5.41) is 11.8. The maximum atomic E-state index is 12.0. The van der Waals surface area contributed by atoms with Crippen LogP contribution in [-0.4, -0.2) is 27.3 Å². The average Bonchev–Trinajstić information content (AvgIpc) is 2.19. The maximum absolute atomic E-state index is 12.0. The molecule has 90 valence electrons. The molecule has 1 atom stereocenters. The van der Waals surface area contributed by atoms with Crippen LogP contribution in [0.4, 0.5) is 5.82 Å². The van der Waals surface area contributed by atoms with Crippen molar-refractivity contribution in [1.82, 2.24) is 9.55 Å². The molecule has 0 aromatic carbocycles. The van der Waals surface area contributed by atoms with Gasteiger partial charge in [-0.3, -0.25) is 4.79 Å². The average molecular weight is 225 g/mol. The van der Waals surface area contributed by atoms with Gasteiger partial charge in [-0.1, -0.05) is 0 Å². The van der Waals surface area contributed by atoms with E-state index in [2.05, 4.69) is 10.3 Å². The second-order valence-electron chi connectivity index (χ2n) is 4.85. The lowest BCUT2D eigenvalue weighted by Gasteiger charge is -2.23. The number of anilines is 1. The van der Waals surface area contributed by atoms with Crippen LogP contribution in [0.15, 0.2) is 17.2 Å². The van der Waals surface area contributed by atoms with Crippen LogP contribution in [0.1, 0.15) is 27.7 Å². The zero-order valence-corrected chi connectivity index (χ0v) is 10.2. The fourth-order valence-electron chi connectivity index (χ4n) is 1.32. The fourth-order valence-corrected chi connectivity index (χ4v) is 1.32. The highest BCUT2D eigenvalue weighted by Crippen LogP contribution is 2.10. The summed E-state index contributed by atoms with van der Waals surface area (Å²) in [7, 11) is 0. The second kappa shape index (κ2) is 4.65. The normalized spacial score (nSPS) is 13.6. The molecular formula is C11H19N3O2. The number of aliphatic hydroxyl groups is 1. The highest BCUT2D eigenvalue weighted by Gasteiger charge is 2.17. The molecule has 1 heterocycles. The van der Waals surface area contributed by atoms with Crippen LogP contribution >= 0.6 is 0 Å². The summed E-state index contributed by atoms with van der Waals surface area (Å²) < 4.78 is 1.62. The van der Waals surface area contributed by atoms with Crippen molar-refractivity contribution in [1.29, 1.82) is 0 Å². The van der Waals surface area contributed by atoms with E-state index in [4.69, 9.17) is 5.11 Å². The molecule has 0 saturated carbocycles. The van der Waals surface area contributed by atoms with E-state index in [0.717, 1.165) is 0 Å². The number of hydrogen-bond acceptors (Lipinski definition) is 4. The molecule has 2 N–H and O–H groups in total. The van der Waals surface area contributed by atoms with Gasteiger partial charge in [0, 0.05) is 24.0 Å². The zero-order chi connectivity index (χ0) is 12.3. The van der Waals surface area contributed by atoms with Gasteiger partial charge in [0.25, 0.3) is 5.56 Å². The van der Waals surface area contributed by atoms with E-state index in [0.29, 0.717) is 0 Å². The van der Waals surface area contributed by atoms with Gasteiger partial charge in [-0.25, -0.2) is 4.98 Å². The molecule has 5 nitrogen and oxygen atoms in total. The maximum Gasteiger partial charge on any atom is 0.293 e. The number of rotatable bonds is 3. The van der Waals surface area contributed by atoms with Crippen LogP contribution in [0.5, 0.6) is 0 Å². The van der Waals surface area contributed by atoms with Crippen molar-refractivity contribution in [2.75, 3.05) is 11.9 Å². The van der Waals surface area contributed by atoms with Crippen molar-refractivity contribution in [2.24, 2.45) is 0 Å². The van der Waals surface area contributed by atoms with E-state index < -0.39 is 0 Å². The van der Waals surface area contributed by atoms with Crippen LogP contribution < -0.4 is 10.9 Å². The Labute approximate surface area is 95.1 Å². The Hall–Kier alpha value is -1.36. The van der Waals surface area contributed by atoms with Gasteiger partial charge in [0.2, 0.25) is 0 Å². The van der Waals surface area contributed by atoms with E-state index >= 15 is 0 Å². The zero-order valence-electron chi connectivity index (χ0n) is 10.2. The fraction of sp³-hybridized carbons (Fsp3) is 0.636. The summed E-state index contributed by atoms with van der Waals surface area (Å²) in [6.45, 7) is 7.61. The summed E-state index contributed by atoms with van der Waals surface area (Å²) in [5.74, 6) is 0.277. The first-order chi connectivity index (χ1) is 7.36. The molecule has 16 heavy (non-hydrogen) atoms. The van der Waals surface area contributed by atoms with E-state index in [9.17, 15) is 4.79 Å². The molecule has 0 fully saturated rings. The smallest absolute Gasteiger partial charge is 0.293 e. The molecule has 1 unspecified atom stereocenters. The molecule has 0 aliphatic carbocycles. The number of hydrogen-bond donors (Lipinski definition) is 2. The van der Waals surface area contributed by atoms with Crippen LogP contribution in [0, 0.1) is 0 Å². The van der Waals surface area contributed by atoms with Gasteiger partial charge in [0.1, 0.15) is 0 Å². The van der Waals surface area contributed by atoms with Crippen molar-refractivity contribution in [3.8, 4) is 0 Å². The Morgan fingerprint density at radius 2 is 2.19 bits per heavy atom. The number of aliphatic hydroxyl groups excluding tert-OH is 1. The van der Waals surface area contributed by atoms with Crippen LogP contribution in [0.25, 0.3) is 0 Å². The third-order valence-corrected chi connectivity index (χ3v) is 2.22.